The summed E-state index contributed by atoms with van der Waals surface area (Å²) in [6, 6.07) is 0. The van der Waals surface area contributed by atoms with Gasteiger partial charge in [0.2, 0.25) is 0 Å². The normalized spacial score (nSPS) is 31.6. The smallest absolute Gasteiger partial charge is 0.313 e. The zero-order chi connectivity index (χ0) is 11.4. The quantitative estimate of drug-likeness (QED) is 0.749. The van der Waals surface area contributed by atoms with Crippen molar-refractivity contribution in [1.82, 2.24) is 5.32 Å². The van der Waals surface area contributed by atoms with Crippen molar-refractivity contribution in [2.45, 2.75) is 58.0 Å². The first-order valence-corrected chi connectivity index (χ1v) is 6.69. The van der Waals surface area contributed by atoms with Crippen LogP contribution in [0.3, 0.4) is 0 Å². The van der Waals surface area contributed by atoms with Gasteiger partial charge in [-0.1, -0.05) is 13.3 Å². The number of ether oxygens (including phenoxy) is 1. The molecule has 3 heteroatoms. The highest BCUT2D eigenvalue weighted by molar-refractivity contribution is 5.77. The standard InChI is InChI=1S/C13H23NO2/c1-2-13(8-9-14-10-13)12(15)16-11-6-4-3-5-7-11/h11,14H,2-10H2,1H3. The van der Waals surface area contributed by atoms with E-state index >= 15 is 0 Å². The summed E-state index contributed by atoms with van der Waals surface area (Å²) in [5.41, 5.74) is -0.225. The van der Waals surface area contributed by atoms with Gasteiger partial charge in [0.25, 0.3) is 0 Å². The van der Waals surface area contributed by atoms with E-state index in [0.29, 0.717) is 0 Å². The fourth-order valence-corrected chi connectivity index (χ4v) is 2.82. The van der Waals surface area contributed by atoms with Gasteiger partial charge in [-0.25, -0.2) is 0 Å². The third kappa shape index (κ3) is 2.40. The van der Waals surface area contributed by atoms with Crippen LogP contribution >= 0.6 is 0 Å². The van der Waals surface area contributed by atoms with Crippen LogP contribution in [0.1, 0.15) is 51.9 Å². The van der Waals surface area contributed by atoms with Gasteiger partial charge < -0.3 is 10.1 Å². The van der Waals surface area contributed by atoms with Crippen LogP contribution < -0.4 is 5.32 Å². The predicted molar refractivity (Wildman–Crippen MR) is 63.2 cm³/mol. The van der Waals surface area contributed by atoms with Crippen LogP contribution in [-0.4, -0.2) is 25.2 Å². The van der Waals surface area contributed by atoms with Crippen molar-refractivity contribution < 1.29 is 9.53 Å². The maximum absolute atomic E-state index is 12.2. The molecule has 1 aliphatic carbocycles. The molecule has 0 aromatic carbocycles. The molecule has 0 aromatic heterocycles. The first kappa shape index (κ1) is 11.9. The van der Waals surface area contributed by atoms with Gasteiger partial charge in [-0.15, -0.1) is 0 Å². The topological polar surface area (TPSA) is 38.3 Å². The minimum atomic E-state index is -0.225. The Bertz CT molecular complexity index is 240. The molecule has 0 spiro atoms. The number of carbonyl (C=O) groups excluding carboxylic acids is 1. The zero-order valence-electron chi connectivity index (χ0n) is 10.3. The third-order valence-electron chi connectivity index (χ3n) is 4.18. The summed E-state index contributed by atoms with van der Waals surface area (Å²) in [6.07, 6.45) is 7.91. The molecule has 3 nitrogen and oxygen atoms in total. The number of esters is 1. The molecule has 1 unspecified atom stereocenters. The first-order chi connectivity index (χ1) is 7.77. The fourth-order valence-electron chi connectivity index (χ4n) is 2.82. The summed E-state index contributed by atoms with van der Waals surface area (Å²) in [5, 5.41) is 3.28. The monoisotopic (exact) mass is 225 g/mol. The second kappa shape index (κ2) is 5.17. The average molecular weight is 225 g/mol. The molecule has 2 aliphatic rings. The zero-order valence-corrected chi connectivity index (χ0v) is 10.3. The van der Waals surface area contributed by atoms with E-state index in [1.165, 1.54) is 19.3 Å². The molecule has 16 heavy (non-hydrogen) atoms. The third-order valence-corrected chi connectivity index (χ3v) is 4.18. The van der Waals surface area contributed by atoms with E-state index in [1.54, 1.807) is 0 Å². The molecule has 0 bridgehead atoms. The van der Waals surface area contributed by atoms with Crippen molar-refractivity contribution in [3.8, 4) is 0 Å². The fraction of sp³-hybridized carbons (Fsp3) is 0.923. The van der Waals surface area contributed by atoms with E-state index in [9.17, 15) is 4.79 Å². The molecular weight excluding hydrogens is 202 g/mol. The van der Waals surface area contributed by atoms with Crippen molar-refractivity contribution in [2.24, 2.45) is 5.41 Å². The molecular formula is C13H23NO2. The summed E-state index contributed by atoms with van der Waals surface area (Å²) in [6.45, 7) is 3.85. The minimum Gasteiger partial charge on any atom is -0.462 e. The highest BCUT2D eigenvalue weighted by Crippen LogP contribution is 2.32. The van der Waals surface area contributed by atoms with Crippen LogP contribution in [0.15, 0.2) is 0 Å². The molecule has 2 fully saturated rings. The molecule has 0 amide bonds. The number of rotatable bonds is 3. The molecule has 1 atom stereocenters. The largest absolute Gasteiger partial charge is 0.462 e. The van der Waals surface area contributed by atoms with Gasteiger partial charge >= 0.3 is 5.97 Å². The molecule has 0 radical (unpaired) electrons. The Labute approximate surface area is 97.9 Å². The van der Waals surface area contributed by atoms with Crippen molar-refractivity contribution >= 4 is 5.97 Å². The van der Waals surface area contributed by atoms with Crippen LogP contribution in [0.25, 0.3) is 0 Å². The SMILES string of the molecule is CCC1(C(=O)OC2CCCCC2)CCNC1. The number of hydrogen-bond donors (Lipinski definition) is 1. The summed E-state index contributed by atoms with van der Waals surface area (Å²) < 4.78 is 5.69. The van der Waals surface area contributed by atoms with Crippen LogP contribution in [0.2, 0.25) is 0 Å². The number of carbonyl (C=O) groups is 1. The second-order valence-corrected chi connectivity index (χ2v) is 5.23. The van der Waals surface area contributed by atoms with Crippen LogP contribution in [0, 0.1) is 5.41 Å². The minimum absolute atomic E-state index is 0.0481. The molecule has 1 N–H and O–H groups in total. The Hall–Kier alpha value is -0.570. The van der Waals surface area contributed by atoms with Crippen LogP contribution in [0.4, 0.5) is 0 Å². The number of nitrogens with one attached hydrogen (secondary N) is 1. The molecule has 1 saturated heterocycles. The molecule has 1 saturated carbocycles. The highest BCUT2D eigenvalue weighted by atomic mass is 16.5. The summed E-state index contributed by atoms with van der Waals surface area (Å²) in [5.74, 6) is 0.0481. The molecule has 1 aliphatic heterocycles. The summed E-state index contributed by atoms with van der Waals surface area (Å²) in [7, 11) is 0. The average Bonchev–Trinajstić information content (AvgIpc) is 2.80. The van der Waals surface area contributed by atoms with Gasteiger partial charge in [-0.05, 0) is 45.1 Å². The molecule has 92 valence electrons. The lowest BCUT2D eigenvalue weighted by Gasteiger charge is -2.29. The Balaban J connectivity index is 1.90. The lowest BCUT2D eigenvalue weighted by atomic mass is 9.84. The second-order valence-electron chi connectivity index (χ2n) is 5.23. The van der Waals surface area contributed by atoms with E-state index in [-0.39, 0.29) is 17.5 Å². The Morgan fingerprint density at radius 1 is 1.38 bits per heavy atom. The first-order valence-electron chi connectivity index (χ1n) is 6.69. The van der Waals surface area contributed by atoms with Crippen LogP contribution in [0.5, 0.6) is 0 Å². The van der Waals surface area contributed by atoms with Crippen molar-refractivity contribution in [3.63, 3.8) is 0 Å². The van der Waals surface area contributed by atoms with E-state index in [0.717, 1.165) is 38.8 Å². The van der Waals surface area contributed by atoms with E-state index in [1.807, 2.05) is 0 Å². The molecule has 2 rings (SSSR count). The van der Waals surface area contributed by atoms with E-state index in [2.05, 4.69) is 12.2 Å². The maximum Gasteiger partial charge on any atom is 0.313 e. The van der Waals surface area contributed by atoms with Gasteiger partial charge in [-0.3, -0.25) is 4.79 Å². The molecule has 0 aromatic rings. The Morgan fingerprint density at radius 2 is 2.12 bits per heavy atom. The Kier molecular flexibility index (Phi) is 3.85. The van der Waals surface area contributed by atoms with Gasteiger partial charge in [0.1, 0.15) is 6.10 Å². The van der Waals surface area contributed by atoms with Gasteiger partial charge in [0, 0.05) is 6.54 Å². The lowest BCUT2D eigenvalue weighted by molar-refractivity contribution is -0.162. The predicted octanol–water partition coefficient (Wildman–Crippen LogP) is 2.25. The van der Waals surface area contributed by atoms with Gasteiger partial charge in [0.05, 0.1) is 5.41 Å². The maximum atomic E-state index is 12.2. The summed E-state index contributed by atoms with van der Waals surface area (Å²) in [4.78, 5) is 12.2. The number of hydrogen-bond acceptors (Lipinski definition) is 3. The molecule has 1 heterocycles. The van der Waals surface area contributed by atoms with Gasteiger partial charge in [0.15, 0.2) is 0 Å². The summed E-state index contributed by atoms with van der Waals surface area (Å²) >= 11 is 0. The van der Waals surface area contributed by atoms with E-state index < -0.39 is 0 Å². The highest BCUT2D eigenvalue weighted by Gasteiger charge is 2.41. The van der Waals surface area contributed by atoms with Crippen molar-refractivity contribution in [1.29, 1.82) is 0 Å². The van der Waals surface area contributed by atoms with Gasteiger partial charge in [-0.2, -0.15) is 0 Å². The Morgan fingerprint density at radius 3 is 2.69 bits per heavy atom. The van der Waals surface area contributed by atoms with Crippen LogP contribution in [-0.2, 0) is 9.53 Å². The van der Waals surface area contributed by atoms with E-state index in [4.69, 9.17) is 4.74 Å². The lowest BCUT2D eigenvalue weighted by Crippen LogP contribution is -2.37. The van der Waals surface area contributed by atoms with Crippen molar-refractivity contribution in [3.05, 3.63) is 0 Å². The van der Waals surface area contributed by atoms with Crippen molar-refractivity contribution in [2.75, 3.05) is 13.1 Å².